The molecule has 23 heavy (non-hydrogen) atoms. The fourth-order valence-corrected chi connectivity index (χ4v) is 2.48. The van der Waals surface area contributed by atoms with E-state index in [1.165, 1.54) is 17.0 Å². The van der Waals surface area contributed by atoms with Crippen LogP contribution in [0.4, 0.5) is 11.5 Å². The molecule has 0 spiro atoms. The number of halogens is 1. The molecular formula is C15H14ClN5O2. The highest BCUT2D eigenvalue weighted by molar-refractivity contribution is 6.33. The van der Waals surface area contributed by atoms with E-state index in [9.17, 15) is 4.79 Å². The molecule has 0 saturated carbocycles. The Hall–Kier alpha value is -3.06. The Kier molecular flexibility index (Phi) is 3.63. The van der Waals surface area contributed by atoms with Crippen LogP contribution in [-0.4, -0.2) is 20.6 Å². The van der Waals surface area contributed by atoms with Crippen molar-refractivity contribution in [1.29, 1.82) is 0 Å². The summed E-state index contributed by atoms with van der Waals surface area (Å²) in [7, 11) is 0. The molecule has 118 valence electrons. The Morgan fingerprint density at radius 1 is 1.43 bits per heavy atom. The average Bonchev–Trinajstić information content (AvgIpc) is 2.91. The standard InChI is InChI=1S/C15H12ClN5O2.H2/c1-2-23-15(22)9-6-21-13(14(18)19-7-20-21)12(9)8-3-4-11(17)10(16)5-8;/h2-7H,1,17H2,(H2,18,19,20);1H. The first-order valence-corrected chi connectivity index (χ1v) is 6.90. The maximum absolute atomic E-state index is 12.2. The van der Waals surface area contributed by atoms with Crippen LogP contribution < -0.4 is 11.5 Å². The summed E-state index contributed by atoms with van der Waals surface area (Å²) >= 11 is 6.09. The molecule has 0 radical (unpaired) electrons. The minimum atomic E-state index is -0.590. The van der Waals surface area contributed by atoms with Crippen LogP contribution in [0.15, 0.2) is 43.6 Å². The molecule has 3 rings (SSSR count). The number of carbonyl (C=O) groups is 1. The van der Waals surface area contributed by atoms with Gasteiger partial charge in [0.2, 0.25) is 0 Å². The largest absolute Gasteiger partial charge is 0.431 e. The number of rotatable bonds is 3. The summed E-state index contributed by atoms with van der Waals surface area (Å²) in [6.45, 7) is 3.39. The summed E-state index contributed by atoms with van der Waals surface area (Å²) in [5.74, 6) is -0.367. The lowest BCUT2D eigenvalue weighted by Crippen LogP contribution is -2.01. The fraction of sp³-hybridized carbons (Fsp3) is 0. The van der Waals surface area contributed by atoms with Crippen LogP contribution in [0, 0.1) is 0 Å². The molecule has 2 aromatic heterocycles. The van der Waals surface area contributed by atoms with Gasteiger partial charge in [-0.05, 0) is 17.7 Å². The molecular weight excluding hydrogens is 318 g/mol. The van der Waals surface area contributed by atoms with Gasteiger partial charge in [0.05, 0.1) is 22.5 Å². The van der Waals surface area contributed by atoms with Crippen molar-refractivity contribution in [3.05, 3.63) is 54.2 Å². The van der Waals surface area contributed by atoms with E-state index in [-0.39, 0.29) is 12.8 Å². The monoisotopic (exact) mass is 331 g/mol. The molecule has 0 aliphatic heterocycles. The summed E-state index contributed by atoms with van der Waals surface area (Å²) in [4.78, 5) is 16.2. The number of carbonyl (C=O) groups excluding carboxylic acids is 1. The third-order valence-corrected chi connectivity index (χ3v) is 3.63. The van der Waals surface area contributed by atoms with Crippen molar-refractivity contribution in [3.8, 4) is 11.1 Å². The smallest absolute Gasteiger partial charge is 0.345 e. The SMILES string of the molecule is C=COC(=O)c1cn2ncnc(N)c2c1-c1ccc(N)c(Cl)c1.[HH]. The van der Waals surface area contributed by atoms with Gasteiger partial charge in [0.1, 0.15) is 11.8 Å². The predicted molar refractivity (Wildman–Crippen MR) is 90.0 cm³/mol. The molecule has 0 fully saturated rings. The first-order valence-electron chi connectivity index (χ1n) is 6.52. The lowest BCUT2D eigenvalue weighted by atomic mass is 10.0. The molecule has 0 amide bonds. The second kappa shape index (κ2) is 5.62. The van der Waals surface area contributed by atoms with E-state index in [1.54, 1.807) is 18.2 Å². The molecule has 0 saturated heterocycles. The number of hydrogen-bond donors (Lipinski definition) is 2. The normalized spacial score (nSPS) is 10.7. The van der Waals surface area contributed by atoms with Crippen molar-refractivity contribution >= 4 is 34.6 Å². The molecule has 0 atom stereocenters. The van der Waals surface area contributed by atoms with Gasteiger partial charge in [-0.15, -0.1) is 0 Å². The van der Waals surface area contributed by atoms with Gasteiger partial charge in [-0.3, -0.25) is 0 Å². The Balaban J connectivity index is 0.00000208. The van der Waals surface area contributed by atoms with Gasteiger partial charge < -0.3 is 16.2 Å². The lowest BCUT2D eigenvalue weighted by Gasteiger charge is -2.07. The van der Waals surface area contributed by atoms with E-state index in [0.29, 0.717) is 27.4 Å². The molecule has 0 aliphatic rings. The summed E-state index contributed by atoms with van der Waals surface area (Å²) in [5, 5.41) is 4.43. The first kappa shape index (κ1) is 14.9. The Morgan fingerprint density at radius 2 is 2.22 bits per heavy atom. The number of aromatic nitrogens is 3. The highest BCUT2D eigenvalue weighted by Gasteiger charge is 2.22. The summed E-state index contributed by atoms with van der Waals surface area (Å²) in [5.41, 5.74) is 14.0. The van der Waals surface area contributed by atoms with Gasteiger partial charge in [-0.1, -0.05) is 24.2 Å². The van der Waals surface area contributed by atoms with Crippen LogP contribution >= 0.6 is 11.6 Å². The molecule has 7 nitrogen and oxygen atoms in total. The number of ether oxygens (including phenoxy) is 1. The van der Waals surface area contributed by atoms with E-state index < -0.39 is 5.97 Å². The number of hydrogen-bond acceptors (Lipinski definition) is 6. The van der Waals surface area contributed by atoms with Crippen LogP contribution in [0.2, 0.25) is 5.02 Å². The van der Waals surface area contributed by atoms with Crippen molar-refractivity contribution in [2.24, 2.45) is 0 Å². The zero-order chi connectivity index (χ0) is 16.6. The maximum Gasteiger partial charge on any atom is 0.345 e. The molecule has 2 heterocycles. The number of benzene rings is 1. The van der Waals surface area contributed by atoms with Gasteiger partial charge in [0.15, 0.2) is 5.82 Å². The molecule has 0 aliphatic carbocycles. The van der Waals surface area contributed by atoms with Gasteiger partial charge >= 0.3 is 5.97 Å². The number of nitrogens with two attached hydrogens (primary N) is 2. The highest BCUT2D eigenvalue weighted by Crippen LogP contribution is 2.35. The Morgan fingerprint density at radius 3 is 2.91 bits per heavy atom. The molecule has 1 aromatic carbocycles. The highest BCUT2D eigenvalue weighted by atomic mass is 35.5. The maximum atomic E-state index is 12.2. The summed E-state index contributed by atoms with van der Waals surface area (Å²) in [6.07, 6.45) is 3.86. The molecule has 0 bridgehead atoms. The van der Waals surface area contributed by atoms with Gasteiger partial charge in [0.25, 0.3) is 0 Å². The zero-order valence-electron chi connectivity index (χ0n) is 11.9. The lowest BCUT2D eigenvalue weighted by molar-refractivity contribution is 0.0665. The van der Waals surface area contributed by atoms with Crippen LogP contribution in [0.25, 0.3) is 16.6 Å². The van der Waals surface area contributed by atoms with Crippen LogP contribution in [-0.2, 0) is 4.74 Å². The fourth-order valence-electron chi connectivity index (χ4n) is 2.30. The number of nitrogen functional groups attached to an aromatic ring is 2. The third-order valence-electron chi connectivity index (χ3n) is 3.30. The minimum Gasteiger partial charge on any atom is -0.431 e. The van der Waals surface area contributed by atoms with E-state index in [4.69, 9.17) is 27.8 Å². The zero-order valence-corrected chi connectivity index (χ0v) is 12.6. The predicted octanol–water partition coefficient (Wildman–Crippen LogP) is 2.76. The third kappa shape index (κ3) is 2.47. The second-order valence-corrected chi connectivity index (χ2v) is 5.07. The molecule has 0 unspecified atom stereocenters. The quantitative estimate of drug-likeness (QED) is 0.434. The number of anilines is 2. The van der Waals surface area contributed by atoms with E-state index >= 15 is 0 Å². The molecule has 8 heteroatoms. The van der Waals surface area contributed by atoms with Crippen molar-refractivity contribution in [2.75, 3.05) is 11.5 Å². The van der Waals surface area contributed by atoms with Crippen molar-refractivity contribution in [3.63, 3.8) is 0 Å². The van der Waals surface area contributed by atoms with E-state index in [2.05, 4.69) is 16.7 Å². The van der Waals surface area contributed by atoms with Crippen molar-refractivity contribution in [2.45, 2.75) is 0 Å². The van der Waals surface area contributed by atoms with Gasteiger partial charge in [-0.25, -0.2) is 14.3 Å². The number of fused-ring (bicyclic) bond motifs is 1. The van der Waals surface area contributed by atoms with Gasteiger partial charge in [-0.2, -0.15) is 5.10 Å². The van der Waals surface area contributed by atoms with Crippen LogP contribution in [0.1, 0.15) is 11.8 Å². The number of nitrogens with zero attached hydrogens (tertiary/aromatic N) is 3. The first-order chi connectivity index (χ1) is 11.0. The van der Waals surface area contributed by atoms with Crippen molar-refractivity contribution < 1.29 is 11.0 Å². The second-order valence-electron chi connectivity index (χ2n) is 4.66. The minimum absolute atomic E-state index is 0. The summed E-state index contributed by atoms with van der Waals surface area (Å²) in [6, 6.07) is 5.01. The van der Waals surface area contributed by atoms with E-state index in [1.807, 2.05) is 0 Å². The van der Waals surface area contributed by atoms with Crippen LogP contribution in [0.5, 0.6) is 0 Å². The number of esters is 1. The van der Waals surface area contributed by atoms with E-state index in [0.717, 1.165) is 6.26 Å². The Bertz CT molecular complexity index is 941. The van der Waals surface area contributed by atoms with Gasteiger partial charge in [0, 0.05) is 13.2 Å². The molecule has 4 N–H and O–H groups in total. The topological polar surface area (TPSA) is 109 Å². The van der Waals surface area contributed by atoms with Crippen molar-refractivity contribution in [1.82, 2.24) is 14.6 Å². The Labute approximate surface area is 137 Å². The summed E-state index contributed by atoms with van der Waals surface area (Å²) < 4.78 is 6.34. The average molecular weight is 332 g/mol. The van der Waals surface area contributed by atoms with Crippen LogP contribution in [0.3, 0.4) is 0 Å². The molecule has 3 aromatic rings.